The third-order valence-electron chi connectivity index (χ3n) is 16.0. The van der Waals surface area contributed by atoms with Crippen molar-refractivity contribution in [2.75, 3.05) is 13.2 Å². The fourth-order valence-corrected chi connectivity index (χ4v) is 10.5. The van der Waals surface area contributed by atoms with Crippen LogP contribution in [0.25, 0.3) is 0 Å². The van der Waals surface area contributed by atoms with Gasteiger partial charge < -0.3 is 14.2 Å². The quantitative estimate of drug-likeness (QED) is 0.0261. The van der Waals surface area contributed by atoms with Crippen molar-refractivity contribution in [3.63, 3.8) is 0 Å². The predicted molar refractivity (Wildman–Crippen MR) is 353 cm³/mol. The van der Waals surface area contributed by atoms with Gasteiger partial charge in [-0.2, -0.15) is 0 Å². The Morgan fingerprint density at radius 2 is 0.457 bits per heavy atom. The number of unbranched alkanes of at least 4 members (excludes halogenated alkanes) is 45. The van der Waals surface area contributed by atoms with Gasteiger partial charge in [-0.3, -0.25) is 14.4 Å². The summed E-state index contributed by atoms with van der Waals surface area (Å²) in [5.41, 5.74) is 0. The minimum absolute atomic E-state index is 0.0736. The third kappa shape index (κ3) is 67.8. The summed E-state index contributed by atoms with van der Waals surface area (Å²) in [5, 5.41) is 0. The van der Waals surface area contributed by atoms with Crippen LogP contribution in [0.1, 0.15) is 380 Å². The third-order valence-corrected chi connectivity index (χ3v) is 16.0. The first-order chi connectivity index (χ1) is 40.0. The van der Waals surface area contributed by atoms with Crippen molar-refractivity contribution in [3.05, 3.63) is 60.8 Å². The molecule has 0 aromatic carbocycles. The fourth-order valence-electron chi connectivity index (χ4n) is 10.5. The fraction of sp³-hybridized carbons (Fsp3) is 0.827. The van der Waals surface area contributed by atoms with E-state index in [2.05, 4.69) is 81.5 Å². The second-order valence-corrected chi connectivity index (χ2v) is 24.1. The van der Waals surface area contributed by atoms with Gasteiger partial charge in [0, 0.05) is 19.3 Å². The Morgan fingerprint density at radius 3 is 0.741 bits per heavy atom. The zero-order chi connectivity index (χ0) is 58.5. The molecule has 0 N–H and O–H groups in total. The van der Waals surface area contributed by atoms with E-state index in [0.717, 1.165) is 77.0 Å². The van der Waals surface area contributed by atoms with Gasteiger partial charge in [-0.25, -0.2) is 0 Å². The molecule has 0 aliphatic heterocycles. The summed E-state index contributed by atoms with van der Waals surface area (Å²) < 4.78 is 16.9. The molecule has 0 aliphatic rings. The minimum atomic E-state index is -0.777. The average Bonchev–Trinajstić information content (AvgIpc) is 3.47. The summed E-state index contributed by atoms with van der Waals surface area (Å²) in [7, 11) is 0. The van der Waals surface area contributed by atoms with E-state index < -0.39 is 6.10 Å². The Labute approximate surface area is 504 Å². The maximum atomic E-state index is 12.9. The van der Waals surface area contributed by atoms with Gasteiger partial charge in [0.25, 0.3) is 0 Å². The van der Waals surface area contributed by atoms with Crippen LogP contribution in [0, 0.1) is 0 Å². The molecule has 0 spiro atoms. The molecule has 0 saturated heterocycles. The second-order valence-electron chi connectivity index (χ2n) is 24.1. The molecule has 0 heterocycles. The van der Waals surface area contributed by atoms with Crippen molar-refractivity contribution >= 4 is 17.9 Å². The van der Waals surface area contributed by atoms with Crippen molar-refractivity contribution in [1.29, 1.82) is 0 Å². The lowest BCUT2D eigenvalue weighted by molar-refractivity contribution is -0.167. The molecule has 6 heteroatoms. The number of hydrogen-bond donors (Lipinski definition) is 0. The summed E-state index contributed by atoms with van der Waals surface area (Å²) >= 11 is 0. The number of esters is 3. The van der Waals surface area contributed by atoms with Gasteiger partial charge in [0.2, 0.25) is 0 Å². The van der Waals surface area contributed by atoms with E-state index >= 15 is 0 Å². The highest BCUT2D eigenvalue weighted by atomic mass is 16.6. The van der Waals surface area contributed by atoms with Crippen LogP contribution in [0.5, 0.6) is 0 Å². The van der Waals surface area contributed by atoms with Crippen molar-refractivity contribution < 1.29 is 28.6 Å². The van der Waals surface area contributed by atoms with Gasteiger partial charge in [0.05, 0.1) is 0 Å². The van der Waals surface area contributed by atoms with Crippen LogP contribution in [-0.2, 0) is 28.6 Å². The highest BCUT2D eigenvalue weighted by Crippen LogP contribution is 2.18. The topological polar surface area (TPSA) is 78.9 Å². The number of hydrogen-bond acceptors (Lipinski definition) is 6. The average molecular weight is 1130 g/mol. The van der Waals surface area contributed by atoms with E-state index in [1.807, 2.05) is 0 Å². The van der Waals surface area contributed by atoms with Crippen molar-refractivity contribution in [2.45, 2.75) is 386 Å². The second kappa shape index (κ2) is 69.6. The standard InChI is InChI=1S/C75H136O6/c1-4-7-10-13-16-19-22-24-26-28-30-31-32-33-34-35-36-37-38-39-40-41-42-43-45-46-48-50-53-56-59-62-65-68-74(77)80-71-72(70-79-73(76)67-64-61-58-55-52-21-18-15-12-9-6-3)81-75(78)69-66-63-60-57-54-51-49-47-44-29-27-25-23-20-17-14-11-8-5-2/h15,18,22,24-25,27-28,30,32-33,72H,4-14,16-17,19-21,23,26,29,31,34-71H2,1-3H3/b18-15-,24-22-,27-25-,30-28-,33-32-. The molecule has 472 valence electrons. The Kier molecular flexibility index (Phi) is 67.1. The first kappa shape index (κ1) is 78.1. The molecule has 6 nitrogen and oxygen atoms in total. The maximum absolute atomic E-state index is 12.9. The van der Waals surface area contributed by atoms with E-state index in [0.29, 0.717) is 19.3 Å². The first-order valence-corrected chi connectivity index (χ1v) is 35.8. The van der Waals surface area contributed by atoms with Crippen LogP contribution >= 0.6 is 0 Å². The maximum Gasteiger partial charge on any atom is 0.306 e. The van der Waals surface area contributed by atoms with Crippen LogP contribution < -0.4 is 0 Å². The minimum Gasteiger partial charge on any atom is -0.462 e. The molecule has 1 atom stereocenters. The van der Waals surface area contributed by atoms with Gasteiger partial charge in [0.15, 0.2) is 6.10 Å². The van der Waals surface area contributed by atoms with Crippen LogP contribution in [0.2, 0.25) is 0 Å². The summed E-state index contributed by atoms with van der Waals surface area (Å²) in [6.45, 7) is 6.63. The molecule has 0 bridgehead atoms. The molecule has 0 aromatic heterocycles. The number of carbonyl (C=O) groups excluding carboxylic acids is 3. The van der Waals surface area contributed by atoms with Gasteiger partial charge in [0.1, 0.15) is 13.2 Å². The monoisotopic (exact) mass is 1130 g/mol. The van der Waals surface area contributed by atoms with E-state index in [1.54, 1.807) is 0 Å². The summed E-state index contributed by atoms with van der Waals surface area (Å²) in [4.78, 5) is 38.3. The highest BCUT2D eigenvalue weighted by Gasteiger charge is 2.19. The molecule has 0 amide bonds. The molecular formula is C75H136O6. The molecule has 81 heavy (non-hydrogen) atoms. The lowest BCUT2D eigenvalue weighted by atomic mass is 10.0. The van der Waals surface area contributed by atoms with E-state index in [1.165, 1.54) is 263 Å². The Morgan fingerprint density at radius 1 is 0.247 bits per heavy atom. The van der Waals surface area contributed by atoms with Crippen molar-refractivity contribution in [3.8, 4) is 0 Å². The molecule has 0 radical (unpaired) electrons. The van der Waals surface area contributed by atoms with Crippen LogP contribution in [-0.4, -0.2) is 37.2 Å². The molecular weight excluding hydrogens is 997 g/mol. The normalized spacial score (nSPS) is 12.4. The Bertz CT molecular complexity index is 1440. The molecule has 0 aliphatic carbocycles. The molecule has 1 unspecified atom stereocenters. The number of ether oxygens (including phenoxy) is 3. The molecule has 0 rings (SSSR count). The number of allylic oxidation sites excluding steroid dienone is 10. The summed E-state index contributed by atoms with van der Waals surface area (Å²) in [5.74, 6) is -0.864. The summed E-state index contributed by atoms with van der Waals surface area (Å²) in [6, 6.07) is 0. The van der Waals surface area contributed by atoms with Crippen LogP contribution in [0.4, 0.5) is 0 Å². The van der Waals surface area contributed by atoms with E-state index in [4.69, 9.17) is 14.2 Å². The van der Waals surface area contributed by atoms with Crippen molar-refractivity contribution in [2.24, 2.45) is 0 Å². The number of carbonyl (C=O) groups is 3. The zero-order valence-corrected chi connectivity index (χ0v) is 54.3. The largest absolute Gasteiger partial charge is 0.462 e. The van der Waals surface area contributed by atoms with E-state index in [-0.39, 0.29) is 31.1 Å². The highest BCUT2D eigenvalue weighted by molar-refractivity contribution is 5.71. The lowest BCUT2D eigenvalue weighted by Gasteiger charge is -2.18. The van der Waals surface area contributed by atoms with Gasteiger partial charge in [-0.15, -0.1) is 0 Å². The van der Waals surface area contributed by atoms with Crippen LogP contribution in [0.3, 0.4) is 0 Å². The molecule has 0 saturated carbocycles. The summed E-state index contributed by atoms with van der Waals surface area (Å²) in [6.07, 6.45) is 89.8. The van der Waals surface area contributed by atoms with Gasteiger partial charge in [-0.1, -0.05) is 319 Å². The van der Waals surface area contributed by atoms with Crippen molar-refractivity contribution in [1.82, 2.24) is 0 Å². The van der Waals surface area contributed by atoms with Crippen LogP contribution in [0.15, 0.2) is 60.8 Å². The van der Waals surface area contributed by atoms with E-state index in [9.17, 15) is 14.4 Å². The Balaban J connectivity index is 4.11. The zero-order valence-electron chi connectivity index (χ0n) is 54.3. The first-order valence-electron chi connectivity index (χ1n) is 35.8. The number of rotatable bonds is 66. The Hall–Kier alpha value is -2.89. The SMILES string of the molecule is CCCC/C=C\CCCCCCCC(=O)OCC(COC(=O)CCCCCCCCCCCCCCCCCCCC/C=C\C/C=C\C/C=C\CCCCCCC)OC(=O)CCCCCCCCCCC/C=C\CCCCCCCC. The molecule has 0 fully saturated rings. The smallest absolute Gasteiger partial charge is 0.306 e. The predicted octanol–water partition coefficient (Wildman–Crippen LogP) is 24.7. The lowest BCUT2D eigenvalue weighted by Crippen LogP contribution is -2.30. The van der Waals surface area contributed by atoms with Gasteiger partial charge >= 0.3 is 17.9 Å². The molecule has 0 aromatic rings. The van der Waals surface area contributed by atoms with Gasteiger partial charge in [-0.05, 0) is 103 Å².